The number of aryl methyl sites for hydroxylation is 1. The van der Waals surface area contributed by atoms with Crippen molar-refractivity contribution in [3.05, 3.63) is 40.9 Å². The molecule has 0 unspecified atom stereocenters. The molecule has 0 amide bonds. The molecule has 0 saturated heterocycles. The summed E-state index contributed by atoms with van der Waals surface area (Å²) in [6.07, 6.45) is 1.80. The predicted octanol–water partition coefficient (Wildman–Crippen LogP) is 2.63. The van der Waals surface area contributed by atoms with Crippen molar-refractivity contribution in [2.75, 3.05) is 7.11 Å². The summed E-state index contributed by atoms with van der Waals surface area (Å²) in [6.45, 7) is 1.87. The van der Waals surface area contributed by atoms with Crippen molar-refractivity contribution in [3.8, 4) is 0 Å². The molecule has 1 aromatic carbocycles. The van der Waals surface area contributed by atoms with Crippen LogP contribution in [0.4, 0.5) is 0 Å². The molecule has 0 aliphatic carbocycles. The van der Waals surface area contributed by atoms with E-state index in [0.29, 0.717) is 22.0 Å². The first-order valence-corrected chi connectivity index (χ1v) is 6.01. The van der Waals surface area contributed by atoms with Crippen LogP contribution in [0.1, 0.15) is 16.1 Å². The summed E-state index contributed by atoms with van der Waals surface area (Å²) in [5.74, 6) is -0.390. The first-order valence-electron chi connectivity index (χ1n) is 5.63. The normalized spacial score (nSPS) is 11.1. The van der Waals surface area contributed by atoms with Crippen LogP contribution in [0.25, 0.3) is 16.6 Å². The average molecular weight is 276 g/mol. The Morgan fingerprint density at radius 2 is 2.16 bits per heavy atom. The fourth-order valence-electron chi connectivity index (χ4n) is 2.04. The maximum absolute atomic E-state index is 11.6. The summed E-state index contributed by atoms with van der Waals surface area (Å²) in [5.41, 5.74) is 2.66. The quantitative estimate of drug-likeness (QED) is 0.506. The highest BCUT2D eigenvalue weighted by Crippen LogP contribution is 2.23. The number of ether oxygens (including phenoxy) is 1. The van der Waals surface area contributed by atoms with Crippen LogP contribution in [0.3, 0.4) is 0 Å². The van der Waals surface area contributed by atoms with Gasteiger partial charge in [-0.1, -0.05) is 0 Å². The van der Waals surface area contributed by atoms with E-state index >= 15 is 0 Å². The van der Waals surface area contributed by atoms with Crippen molar-refractivity contribution in [3.63, 3.8) is 0 Å². The van der Waals surface area contributed by atoms with Gasteiger partial charge in [-0.25, -0.2) is 14.8 Å². The van der Waals surface area contributed by atoms with Crippen molar-refractivity contribution in [2.45, 2.75) is 6.92 Å². The molecule has 0 aliphatic heterocycles. The number of nitrogens with zero attached hydrogens (tertiary/aromatic N) is 3. The van der Waals surface area contributed by atoms with Gasteiger partial charge < -0.3 is 4.74 Å². The molecule has 3 rings (SSSR count). The Morgan fingerprint density at radius 1 is 1.37 bits per heavy atom. The zero-order valence-electron chi connectivity index (χ0n) is 10.3. The van der Waals surface area contributed by atoms with Gasteiger partial charge in [0.2, 0.25) is 5.28 Å². The molecular formula is C13H10ClN3O2. The van der Waals surface area contributed by atoms with Crippen LogP contribution in [0.15, 0.2) is 24.4 Å². The number of benzene rings is 1. The van der Waals surface area contributed by atoms with E-state index in [1.165, 1.54) is 7.11 Å². The summed E-state index contributed by atoms with van der Waals surface area (Å²) in [6, 6.07) is 5.10. The molecule has 0 bridgehead atoms. The first-order chi connectivity index (χ1) is 9.10. The molecule has 0 spiro atoms. The van der Waals surface area contributed by atoms with E-state index in [0.717, 1.165) is 11.1 Å². The van der Waals surface area contributed by atoms with Crippen LogP contribution < -0.4 is 0 Å². The molecular weight excluding hydrogens is 266 g/mol. The maximum Gasteiger partial charge on any atom is 0.337 e. The number of methoxy groups -OCH3 is 1. The second kappa shape index (κ2) is 4.20. The molecule has 0 fully saturated rings. The Balaban J connectivity index is 2.40. The number of esters is 1. The van der Waals surface area contributed by atoms with Gasteiger partial charge in [-0.3, -0.25) is 4.40 Å². The fourth-order valence-corrected chi connectivity index (χ4v) is 2.26. The lowest BCUT2D eigenvalue weighted by molar-refractivity contribution is 0.0601. The minimum atomic E-state index is -0.390. The summed E-state index contributed by atoms with van der Waals surface area (Å²) in [5, 5.41) is 1.11. The molecule has 0 radical (unpaired) electrons. The monoisotopic (exact) mass is 275 g/mol. The summed E-state index contributed by atoms with van der Waals surface area (Å²) >= 11 is 6.10. The van der Waals surface area contributed by atoms with Gasteiger partial charge in [-0.15, -0.1) is 0 Å². The third-order valence-electron chi connectivity index (χ3n) is 2.90. The molecule has 0 atom stereocenters. The highest BCUT2D eigenvalue weighted by atomic mass is 35.5. The van der Waals surface area contributed by atoms with Crippen LogP contribution in [-0.4, -0.2) is 27.4 Å². The highest BCUT2D eigenvalue weighted by molar-refractivity contribution is 6.29. The van der Waals surface area contributed by atoms with Crippen molar-refractivity contribution in [2.24, 2.45) is 0 Å². The van der Waals surface area contributed by atoms with Crippen molar-refractivity contribution < 1.29 is 9.53 Å². The number of carbonyl (C=O) groups excluding carboxylic acids is 1. The zero-order chi connectivity index (χ0) is 13.6. The molecule has 0 aliphatic rings. The van der Waals surface area contributed by atoms with Crippen LogP contribution in [0, 0.1) is 6.92 Å². The lowest BCUT2D eigenvalue weighted by Gasteiger charge is -2.04. The van der Waals surface area contributed by atoms with Gasteiger partial charge in [0.25, 0.3) is 0 Å². The topological polar surface area (TPSA) is 56.5 Å². The lowest BCUT2D eigenvalue weighted by Crippen LogP contribution is -2.01. The second-order valence-electron chi connectivity index (χ2n) is 4.18. The number of hydrogen-bond acceptors (Lipinski definition) is 4. The lowest BCUT2D eigenvalue weighted by atomic mass is 10.1. The van der Waals surface area contributed by atoms with E-state index in [1.54, 1.807) is 28.8 Å². The predicted molar refractivity (Wildman–Crippen MR) is 71.6 cm³/mol. The van der Waals surface area contributed by atoms with E-state index < -0.39 is 5.97 Å². The summed E-state index contributed by atoms with van der Waals surface area (Å²) in [4.78, 5) is 20.3. The van der Waals surface area contributed by atoms with Crippen molar-refractivity contribution in [1.82, 2.24) is 14.4 Å². The van der Waals surface area contributed by atoms with Gasteiger partial charge in [-0.2, -0.15) is 0 Å². The van der Waals surface area contributed by atoms with Crippen molar-refractivity contribution in [1.29, 1.82) is 0 Å². The molecule has 6 heteroatoms. The standard InChI is InChI=1S/C13H10ClN3O2/c1-7-6-17-11(15-7)9-5-8(12(18)19-2)3-4-10(9)16-13(17)14/h3-6H,1-2H3. The largest absolute Gasteiger partial charge is 0.465 e. The van der Waals surface area contributed by atoms with Gasteiger partial charge in [0.05, 0.1) is 23.9 Å². The van der Waals surface area contributed by atoms with E-state index in [4.69, 9.17) is 16.3 Å². The van der Waals surface area contributed by atoms with Gasteiger partial charge in [0.15, 0.2) is 0 Å². The van der Waals surface area contributed by atoms with Crippen LogP contribution in [0.2, 0.25) is 5.28 Å². The van der Waals surface area contributed by atoms with E-state index in [-0.39, 0.29) is 0 Å². The second-order valence-corrected chi connectivity index (χ2v) is 4.52. The van der Waals surface area contributed by atoms with Crippen LogP contribution in [0.5, 0.6) is 0 Å². The molecule has 5 nitrogen and oxygen atoms in total. The van der Waals surface area contributed by atoms with Gasteiger partial charge in [0.1, 0.15) is 5.65 Å². The molecule has 19 heavy (non-hydrogen) atoms. The van der Waals surface area contributed by atoms with Gasteiger partial charge in [0, 0.05) is 11.6 Å². The first kappa shape index (κ1) is 11.9. The SMILES string of the molecule is COC(=O)c1ccc2nc(Cl)n3cc(C)nc3c2c1. The molecule has 3 aromatic rings. The van der Waals surface area contributed by atoms with Gasteiger partial charge in [-0.05, 0) is 36.7 Å². The number of hydrogen-bond donors (Lipinski definition) is 0. The Labute approximate surface area is 113 Å². The van der Waals surface area contributed by atoms with Crippen LogP contribution >= 0.6 is 11.6 Å². The number of rotatable bonds is 1. The molecule has 96 valence electrons. The number of halogens is 1. The third-order valence-corrected chi connectivity index (χ3v) is 3.16. The smallest absolute Gasteiger partial charge is 0.337 e. The number of imidazole rings is 1. The average Bonchev–Trinajstić information content (AvgIpc) is 2.80. The van der Waals surface area contributed by atoms with E-state index in [1.807, 2.05) is 6.92 Å². The van der Waals surface area contributed by atoms with E-state index in [2.05, 4.69) is 9.97 Å². The summed E-state index contributed by atoms with van der Waals surface area (Å²) < 4.78 is 6.41. The third kappa shape index (κ3) is 1.82. The fraction of sp³-hybridized carbons (Fsp3) is 0.154. The molecule has 2 aromatic heterocycles. The maximum atomic E-state index is 11.6. The van der Waals surface area contributed by atoms with Gasteiger partial charge >= 0.3 is 5.97 Å². The zero-order valence-corrected chi connectivity index (χ0v) is 11.1. The molecule has 0 N–H and O–H groups in total. The Kier molecular flexibility index (Phi) is 2.64. The molecule has 0 saturated carbocycles. The molecule has 2 heterocycles. The van der Waals surface area contributed by atoms with Crippen molar-refractivity contribution >= 4 is 34.1 Å². The Hall–Kier alpha value is -2.14. The van der Waals surface area contributed by atoms with E-state index in [9.17, 15) is 4.79 Å². The number of aromatic nitrogens is 3. The Bertz CT molecular complexity index is 810. The minimum Gasteiger partial charge on any atom is -0.465 e. The van der Waals surface area contributed by atoms with Crippen LogP contribution in [-0.2, 0) is 4.74 Å². The number of carbonyl (C=O) groups is 1. The minimum absolute atomic E-state index is 0.342. The Morgan fingerprint density at radius 3 is 2.89 bits per heavy atom. The highest BCUT2D eigenvalue weighted by Gasteiger charge is 2.12. The number of fused-ring (bicyclic) bond motifs is 3. The summed E-state index contributed by atoms with van der Waals surface area (Å²) in [7, 11) is 1.35.